The van der Waals surface area contributed by atoms with Gasteiger partial charge in [-0.15, -0.1) is 0 Å². The first-order valence-corrected chi connectivity index (χ1v) is 9.00. The van der Waals surface area contributed by atoms with Gasteiger partial charge in [0.15, 0.2) is 0 Å². The molecule has 8 nitrogen and oxygen atoms in total. The molecule has 1 fully saturated rings. The van der Waals surface area contributed by atoms with Gasteiger partial charge in [0.1, 0.15) is 5.76 Å². The lowest BCUT2D eigenvalue weighted by atomic mass is 9.95. The first-order valence-electron chi connectivity index (χ1n) is 8.62. The number of methoxy groups -OCH3 is 1. The molecule has 1 aliphatic rings. The summed E-state index contributed by atoms with van der Waals surface area (Å²) in [6.45, 7) is 0.227. The Balaban J connectivity index is 2.18. The number of nitro benzene ring substituents is 1. The number of ketones is 1. The van der Waals surface area contributed by atoms with E-state index < -0.39 is 22.7 Å². The van der Waals surface area contributed by atoms with Crippen LogP contribution in [0.1, 0.15) is 17.2 Å². The summed E-state index contributed by atoms with van der Waals surface area (Å²) in [5.41, 5.74) is 0.305. The van der Waals surface area contributed by atoms with Crippen molar-refractivity contribution in [2.24, 2.45) is 0 Å². The van der Waals surface area contributed by atoms with Crippen LogP contribution in [0.15, 0.2) is 54.1 Å². The first-order chi connectivity index (χ1) is 13.8. The van der Waals surface area contributed by atoms with Crippen LogP contribution < -0.4 is 0 Å². The molecule has 0 saturated carbocycles. The standard InChI is InChI=1S/C20H17ClN2O6/c1-29-10-9-22-17(13-3-2-4-15(11-13)23(27)28)16(19(25)20(22)26)18(24)12-5-7-14(21)8-6-12/h2-8,11,17,24H,9-10H2,1H3/b18-16+. The number of carbonyl (C=O) groups is 2. The molecule has 9 heteroatoms. The highest BCUT2D eigenvalue weighted by Crippen LogP contribution is 2.40. The van der Waals surface area contributed by atoms with Crippen LogP contribution in [0.5, 0.6) is 0 Å². The molecule has 1 saturated heterocycles. The van der Waals surface area contributed by atoms with Crippen molar-refractivity contribution in [3.63, 3.8) is 0 Å². The number of halogens is 1. The molecular formula is C20H17ClN2O6. The molecule has 1 amide bonds. The van der Waals surface area contributed by atoms with Crippen LogP contribution in [-0.4, -0.2) is 46.9 Å². The maximum atomic E-state index is 12.8. The van der Waals surface area contributed by atoms with Crippen molar-refractivity contribution in [1.29, 1.82) is 0 Å². The van der Waals surface area contributed by atoms with Gasteiger partial charge in [0.05, 0.1) is 23.1 Å². The van der Waals surface area contributed by atoms with E-state index in [1.54, 1.807) is 18.2 Å². The average Bonchev–Trinajstić information content (AvgIpc) is 2.97. The van der Waals surface area contributed by atoms with Crippen LogP contribution in [0.25, 0.3) is 5.76 Å². The summed E-state index contributed by atoms with van der Waals surface area (Å²) in [6, 6.07) is 10.8. The van der Waals surface area contributed by atoms with Gasteiger partial charge >= 0.3 is 0 Å². The van der Waals surface area contributed by atoms with E-state index in [1.165, 1.54) is 42.3 Å². The van der Waals surface area contributed by atoms with Crippen LogP contribution in [0.2, 0.25) is 5.02 Å². The third-order valence-electron chi connectivity index (χ3n) is 4.59. The third-order valence-corrected chi connectivity index (χ3v) is 4.84. The number of hydrogen-bond acceptors (Lipinski definition) is 6. The molecule has 1 heterocycles. The molecular weight excluding hydrogens is 400 g/mol. The van der Waals surface area contributed by atoms with Gasteiger partial charge in [0, 0.05) is 36.4 Å². The molecule has 2 aromatic rings. The summed E-state index contributed by atoms with van der Waals surface area (Å²) < 4.78 is 5.02. The summed E-state index contributed by atoms with van der Waals surface area (Å²) in [7, 11) is 1.45. The number of hydrogen-bond donors (Lipinski definition) is 1. The third kappa shape index (κ3) is 3.98. The fraction of sp³-hybridized carbons (Fsp3) is 0.200. The number of rotatable bonds is 6. The van der Waals surface area contributed by atoms with E-state index in [2.05, 4.69) is 0 Å². The second kappa shape index (κ2) is 8.42. The van der Waals surface area contributed by atoms with Crippen LogP contribution >= 0.6 is 11.6 Å². The van der Waals surface area contributed by atoms with Crippen LogP contribution in [0.3, 0.4) is 0 Å². The Morgan fingerprint density at radius 3 is 2.55 bits per heavy atom. The first kappa shape index (κ1) is 20.5. The Bertz CT molecular complexity index is 1000. The molecule has 0 aliphatic carbocycles. The molecule has 29 heavy (non-hydrogen) atoms. The average molecular weight is 417 g/mol. The fourth-order valence-corrected chi connectivity index (χ4v) is 3.34. The van der Waals surface area contributed by atoms with E-state index in [0.717, 1.165) is 0 Å². The second-order valence-corrected chi connectivity index (χ2v) is 6.78. The van der Waals surface area contributed by atoms with E-state index >= 15 is 0 Å². The maximum absolute atomic E-state index is 12.8. The molecule has 1 N–H and O–H groups in total. The summed E-state index contributed by atoms with van der Waals surface area (Å²) in [6.07, 6.45) is 0. The minimum Gasteiger partial charge on any atom is -0.507 e. The SMILES string of the molecule is COCCN1C(=O)C(=O)/C(=C(/O)c2ccc(Cl)cc2)C1c1cccc([N+](=O)[O-])c1. The van der Waals surface area contributed by atoms with Gasteiger partial charge in [-0.3, -0.25) is 19.7 Å². The highest BCUT2D eigenvalue weighted by Gasteiger charge is 2.46. The Morgan fingerprint density at radius 1 is 1.24 bits per heavy atom. The summed E-state index contributed by atoms with van der Waals surface area (Å²) >= 11 is 5.88. The lowest BCUT2D eigenvalue weighted by Gasteiger charge is -2.24. The van der Waals surface area contributed by atoms with Crippen LogP contribution in [0, 0.1) is 10.1 Å². The van der Waals surface area contributed by atoms with Crippen molar-refractivity contribution in [2.75, 3.05) is 20.3 Å². The van der Waals surface area contributed by atoms with E-state index in [-0.39, 0.29) is 30.2 Å². The predicted molar refractivity (Wildman–Crippen MR) is 105 cm³/mol. The number of aliphatic hydroxyl groups is 1. The zero-order valence-electron chi connectivity index (χ0n) is 15.4. The Labute approximate surface area is 171 Å². The number of carbonyl (C=O) groups excluding carboxylic acids is 2. The largest absolute Gasteiger partial charge is 0.507 e. The van der Waals surface area contributed by atoms with Crippen LogP contribution in [-0.2, 0) is 14.3 Å². The molecule has 0 radical (unpaired) electrons. The van der Waals surface area contributed by atoms with Gasteiger partial charge in [-0.1, -0.05) is 23.7 Å². The number of nitro groups is 1. The quantitative estimate of drug-likeness (QED) is 0.254. The smallest absolute Gasteiger partial charge is 0.295 e. The zero-order chi connectivity index (χ0) is 21.1. The van der Waals surface area contributed by atoms with Gasteiger partial charge < -0.3 is 14.7 Å². The Kier molecular flexibility index (Phi) is 5.95. The van der Waals surface area contributed by atoms with Crippen molar-refractivity contribution in [1.82, 2.24) is 4.90 Å². The van der Waals surface area contributed by atoms with Crippen molar-refractivity contribution < 1.29 is 24.4 Å². The highest BCUT2D eigenvalue weighted by molar-refractivity contribution is 6.46. The Morgan fingerprint density at radius 2 is 1.93 bits per heavy atom. The van der Waals surface area contributed by atoms with Gasteiger partial charge in [0.25, 0.3) is 17.4 Å². The monoisotopic (exact) mass is 416 g/mol. The minimum atomic E-state index is -0.985. The fourth-order valence-electron chi connectivity index (χ4n) is 3.22. The number of Topliss-reactive ketones (excluding diaryl/α,β-unsaturated/α-hetero) is 1. The van der Waals surface area contributed by atoms with E-state index in [9.17, 15) is 24.8 Å². The lowest BCUT2D eigenvalue weighted by Crippen LogP contribution is -2.32. The second-order valence-electron chi connectivity index (χ2n) is 6.34. The summed E-state index contributed by atoms with van der Waals surface area (Å²) in [4.78, 5) is 37.2. The number of aliphatic hydroxyl groups excluding tert-OH is 1. The van der Waals surface area contributed by atoms with Crippen molar-refractivity contribution in [3.8, 4) is 0 Å². The van der Waals surface area contributed by atoms with Crippen molar-refractivity contribution in [2.45, 2.75) is 6.04 Å². The molecule has 0 aromatic heterocycles. The summed E-state index contributed by atoms with van der Waals surface area (Å²) in [5.74, 6) is -2.06. The molecule has 1 aliphatic heterocycles. The predicted octanol–water partition coefficient (Wildman–Crippen LogP) is 3.32. The lowest BCUT2D eigenvalue weighted by molar-refractivity contribution is -0.384. The van der Waals surface area contributed by atoms with E-state index in [4.69, 9.17) is 16.3 Å². The number of ether oxygens (including phenoxy) is 1. The number of benzene rings is 2. The van der Waals surface area contributed by atoms with E-state index in [1.807, 2.05) is 0 Å². The normalized spacial score (nSPS) is 18.3. The van der Waals surface area contributed by atoms with Gasteiger partial charge in [0.2, 0.25) is 0 Å². The molecule has 150 valence electrons. The number of amides is 1. The van der Waals surface area contributed by atoms with E-state index in [0.29, 0.717) is 16.1 Å². The van der Waals surface area contributed by atoms with Crippen molar-refractivity contribution in [3.05, 3.63) is 80.4 Å². The van der Waals surface area contributed by atoms with Crippen molar-refractivity contribution >= 4 is 34.7 Å². The Hall–Kier alpha value is -3.23. The van der Waals surface area contributed by atoms with Gasteiger partial charge in [-0.2, -0.15) is 0 Å². The maximum Gasteiger partial charge on any atom is 0.295 e. The highest BCUT2D eigenvalue weighted by atomic mass is 35.5. The molecule has 0 bridgehead atoms. The number of nitrogens with zero attached hydrogens (tertiary/aromatic N) is 2. The molecule has 3 rings (SSSR count). The van der Waals surface area contributed by atoms with Gasteiger partial charge in [-0.25, -0.2) is 0 Å². The zero-order valence-corrected chi connectivity index (χ0v) is 16.1. The molecule has 0 spiro atoms. The molecule has 2 aromatic carbocycles. The van der Waals surface area contributed by atoms with Crippen LogP contribution in [0.4, 0.5) is 5.69 Å². The topological polar surface area (TPSA) is 110 Å². The van der Waals surface area contributed by atoms with Gasteiger partial charge in [-0.05, 0) is 29.8 Å². The minimum absolute atomic E-state index is 0.0752. The molecule has 1 unspecified atom stereocenters. The summed E-state index contributed by atoms with van der Waals surface area (Å²) in [5, 5.41) is 22.4. The number of non-ortho nitro benzene ring substituents is 1. The molecule has 1 atom stereocenters. The number of likely N-dealkylation sites (tertiary alicyclic amines) is 1.